The number of carbonyl (C=O) groups excluding carboxylic acids is 2. The first-order chi connectivity index (χ1) is 9.74. The summed E-state index contributed by atoms with van der Waals surface area (Å²) in [5, 5.41) is 2.60. The molecular weight excluding hydrogens is 292 g/mol. The number of amides is 2. The lowest BCUT2D eigenvalue weighted by Gasteiger charge is -2.17. The van der Waals surface area contributed by atoms with Gasteiger partial charge in [-0.1, -0.05) is 17.7 Å². The molecule has 7 heteroatoms. The molecule has 0 aliphatic carbocycles. The van der Waals surface area contributed by atoms with E-state index < -0.39 is 21.5 Å². The van der Waals surface area contributed by atoms with Crippen LogP contribution in [0.3, 0.4) is 0 Å². The van der Waals surface area contributed by atoms with Crippen LogP contribution in [-0.4, -0.2) is 44.8 Å². The van der Waals surface area contributed by atoms with Gasteiger partial charge in [-0.25, -0.2) is 8.42 Å². The van der Waals surface area contributed by atoms with Crippen molar-refractivity contribution < 1.29 is 18.0 Å². The standard InChI is InChI=1S/C14H18N2O4S/c1-10-3-5-12(6-4-10)16-8-11(7-14(16)18)15-13(17)9-21(2,19)20/h3-6,11H,7-9H2,1-2H3,(H,15,17)/t11-/m0/s1. The fourth-order valence-electron chi connectivity index (χ4n) is 2.29. The Bertz CT molecular complexity index is 652. The highest BCUT2D eigenvalue weighted by atomic mass is 32.2. The van der Waals surface area contributed by atoms with Gasteiger partial charge in [0.25, 0.3) is 0 Å². The summed E-state index contributed by atoms with van der Waals surface area (Å²) in [4.78, 5) is 25.2. The van der Waals surface area contributed by atoms with Gasteiger partial charge in [-0.2, -0.15) is 0 Å². The summed E-state index contributed by atoms with van der Waals surface area (Å²) in [7, 11) is -3.36. The van der Waals surface area contributed by atoms with Crippen molar-refractivity contribution in [1.82, 2.24) is 5.32 Å². The minimum absolute atomic E-state index is 0.0801. The number of nitrogens with zero attached hydrogens (tertiary/aromatic N) is 1. The van der Waals surface area contributed by atoms with E-state index in [-0.39, 0.29) is 18.4 Å². The third-order valence-corrected chi connectivity index (χ3v) is 4.02. The zero-order valence-corrected chi connectivity index (χ0v) is 12.8. The van der Waals surface area contributed by atoms with E-state index in [9.17, 15) is 18.0 Å². The number of rotatable bonds is 4. The lowest BCUT2D eigenvalue weighted by Crippen LogP contribution is -2.40. The van der Waals surface area contributed by atoms with E-state index in [4.69, 9.17) is 0 Å². The zero-order valence-electron chi connectivity index (χ0n) is 12.0. The molecule has 21 heavy (non-hydrogen) atoms. The van der Waals surface area contributed by atoms with Gasteiger partial charge < -0.3 is 10.2 Å². The molecule has 0 saturated carbocycles. The van der Waals surface area contributed by atoms with Crippen molar-refractivity contribution in [3.63, 3.8) is 0 Å². The zero-order chi connectivity index (χ0) is 15.6. The Labute approximate surface area is 124 Å². The Balaban J connectivity index is 1.99. The highest BCUT2D eigenvalue weighted by Crippen LogP contribution is 2.21. The summed E-state index contributed by atoms with van der Waals surface area (Å²) in [6.07, 6.45) is 1.19. The van der Waals surface area contributed by atoms with Crippen LogP contribution in [0.15, 0.2) is 24.3 Å². The molecule has 1 aliphatic heterocycles. The van der Waals surface area contributed by atoms with Gasteiger partial charge in [0, 0.05) is 24.9 Å². The highest BCUT2D eigenvalue weighted by molar-refractivity contribution is 7.91. The number of carbonyl (C=O) groups is 2. The van der Waals surface area contributed by atoms with E-state index in [0.29, 0.717) is 6.54 Å². The van der Waals surface area contributed by atoms with Crippen molar-refractivity contribution in [2.75, 3.05) is 23.5 Å². The van der Waals surface area contributed by atoms with E-state index in [1.807, 2.05) is 31.2 Å². The molecule has 114 valence electrons. The summed E-state index contributed by atoms with van der Waals surface area (Å²) in [5.41, 5.74) is 1.88. The monoisotopic (exact) mass is 310 g/mol. The molecular formula is C14H18N2O4S. The Morgan fingerprint density at radius 3 is 2.52 bits per heavy atom. The number of benzene rings is 1. The van der Waals surface area contributed by atoms with E-state index in [2.05, 4.69) is 5.32 Å². The van der Waals surface area contributed by atoms with Crippen LogP contribution < -0.4 is 10.2 Å². The maximum Gasteiger partial charge on any atom is 0.235 e. The molecule has 0 unspecified atom stereocenters. The van der Waals surface area contributed by atoms with Crippen LogP contribution in [0, 0.1) is 6.92 Å². The molecule has 0 spiro atoms. The summed E-state index contributed by atoms with van der Waals surface area (Å²) in [6, 6.07) is 7.19. The third kappa shape index (κ3) is 4.29. The molecule has 0 aromatic heterocycles. The Hall–Kier alpha value is -1.89. The number of sulfone groups is 1. The number of anilines is 1. The summed E-state index contributed by atoms with van der Waals surface area (Å²) in [6.45, 7) is 2.32. The second-order valence-electron chi connectivity index (χ2n) is 5.38. The summed E-state index contributed by atoms with van der Waals surface area (Å²) in [5.74, 6) is -1.20. The molecule has 1 atom stereocenters. The van der Waals surface area contributed by atoms with Crippen molar-refractivity contribution in [2.45, 2.75) is 19.4 Å². The fourth-order valence-corrected chi connectivity index (χ4v) is 2.85. The van der Waals surface area contributed by atoms with Crippen LogP contribution in [0.2, 0.25) is 0 Å². The molecule has 1 N–H and O–H groups in total. The van der Waals surface area contributed by atoms with Crippen LogP contribution in [0.5, 0.6) is 0 Å². The molecule has 1 fully saturated rings. The maximum absolute atomic E-state index is 12.0. The van der Waals surface area contributed by atoms with Gasteiger partial charge in [-0.15, -0.1) is 0 Å². The van der Waals surface area contributed by atoms with Crippen molar-refractivity contribution >= 4 is 27.3 Å². The van der Waals surface area contributed by atoms with Crippen molar-refractivity contribution in [1.29, 1.82) is 0 Å². The molecule has 2 rings (SSSR count). The van der Waals surface area contributed by atoms with Gasteiger partial charge in [-0.05, 0) is 19.1 Å². The first-order valence-electron chi connectivity index (χ1n) is 6.59. The van der Waals surface area contributed by atoms with Crippen LogP contribution >= 0.6 is 0 Å². The third-order valence-electron chi connectivity index (χ3n) is 3.23. The molecule has 0 radical (unpaired) electrons. The molecule has 1 heterocycles. The second kappa shape index (κ2) is 5.85. The molecule has 1 aliphatic rings. The van der Waals surface area contributed by atoms with Gasteiger partial charge in [0.15, 0.2) is 9.84 Å². The van der Waals surface area contributed by atoms with E-state index in [0.717, 1.165) is 17.5 Å². The Kier molecular flexibility index (Phi) is 4.32. The second-order valence-corrected chi connectivity index (χ2v) is 7.52. The number of nitrogens with one attached hydrogen (secondary N) is 1. The predicted molar refractivity (Wildman–Crippen MR) is 79.8 cm³/mol. The van der Waals surface area contributed by atoms with Gasteiger partial charge in [0.2, 0.25) is 11.8 Å². The van der Waals surface area contributed by atoms with Crippen molar-refractivity contribution in [2.24, 2.45) is 0 Å². The van der Waals surface area contributed by atoms with Crippen molar-refractivity contribution in [3.05, 3.63) is 29.8 Å². The van der Waals surface area contributed by atoms with Crippen LogP contribution in [0.25, 0.3) is 0 Å². The highest BCUT2D eigenvalue weighted by Gasteiger charge is 2.31. The van der Waals surface area contributed by atoms with E-state index in [1.54, 1.807) is 4.90 Å². The first kappa shape index (κ1) is 15.5. The van der Waals surface area contributed by atoms with Gasteiger partial charge in [0.05, 0.1) is 6.04 Å². The molecule has 1 aromatic rings. The topological polar surface area (TPSA) is 83.6 Å². The van der Waals surface area contributed by atoms with Crippen LogP contribution in [-0.2, 0) is 19.4 Å². The smallest absolute Gasteiger partial charge is 0.235 e. The van der Waals surface area contributed by atoms with E-state index >= 15 is 0 Å². The average molecular weight is 310 g/mol. The Morgan fingerprint density at radius 2 is 1.95 bits per heavy atom. The molecule has 1 saturated heterocycles. The number of aryl methyl sites for hydroxylation is 1. The molecule has 0 bridgehead atoms. The molecule has 6 nitrogen and oxygen atoms in total. The normalized spacial score (nSPS) is 18.9. The maximum atomic E-state index is 12.0. The van der Waals surface area contributed by atoms with E-state index in [1.165, 1.54) is 0 Å². The summed E-state index contributed by atoms with van der Waals surface area (Å²) >= 11 is 0. The largest absolute Gasteiger partial charge is 0.350 e. The summed E-state index contributed by atoms with van der Waals surface area (Å²) < 4.78 is 22.1. The minimum atomic E-state index is -3.36. The lowest BCUT2D eigenvalue weighted by atomic mass is 10.2. The van der Waals surface area contributed by atoms with Gasteiger partial charge >= 0.3 is 0 Å². The molecule has 1 aromatic carbocycles. The average Bonchev–Trinajstić information content (AvgIpc) is 2.68. The predicted octanol–water partition coefficient (Wildman–Crippen LogP) is 0.261. The molecule has 2 amide bonds. The van der Waals surface area contributed by atoms with Gasteiger partial charge in [-0.3, -0.25) is 9.59 Å². The number of hydrogen-bond acceptors (Lipinski definition) is 4. The van der Waals surface area contributed by atoms with Crippen LogP contribution in [0.4, 0.5) is 5.69 Å². The quantitative estimate of drug-likeness (QED) is 0.865. The first-order valence-corrected chi connectivity index (χ1v) is 8.65. The SMILES string of the molecule is Cc1ccc(N2C[C@@H](NC(=O)CS(C)(=O)=O)CC2=O)cc1. The van der Waals surface area contributed by atoms with Crippen LogP contribution in [0.1, 0.15) is 12.0 Å². The van der Waals surface area contributed by atoms with Crippen molar-refractivity contribution in [3.8, 4) is 0 Å². The van der Waals surface area contributed by atoms with Gasteiger partial charge in [0.1, 0.15) is 5.75 Å². The minimum Gasteiger partial charge on any atom is -0.350 e. The number of hydrogen-bond donors (Lipinski definition) is 1. The fraction of sp³-hybridized carbons (Fsp3) is 0.429. The lowest BCUT2D eigenvalue weighted by molar-refractivity contribution is -0.119. The Morgan fingerprint density at radius 1 is 1.33 bits per heavy atom.